The van der Waals surface area contributed by atoms with Gasteiger partial charge >= 0.3 is 5.97 Å². The number of nitrogens with one attached hydrogen (secondary N) is 2. The number of methoxy groups -OCH3 is 1. The Balaban J connectivity index is 1.97. The first-order valence-corrected chi connectivity index (χ1v) is 10.1. The van der Waals surface area contributed by atoms with Crippen molar-refractivity contribution in [3.8, 4) is 0 Å². The molecule has 0 bridgehead atoms. The average Bonchev–Trinajstić information content (AvgIpc) is 2.62. The predicted molar refractivity (Wildman–Crippen MR) is 107 cm³/mol. The molecule has 10 heteroatoms. The smallest absolute Gasteiger partial charge is 0.337 e. The quantitative estimate of drug-likeness (QED) is 0.457. The van der Waals surface area contributed by atoms with E-state index in [-0.39, 0.29) is 27.7 Å². The summed E-state index contributed by atoms with van der Waals surface area (Å²) in [6.45, 7) is 1.38. The van der Waals surface area contributed by atoms with Crippen LogP contribution in [0.4, 0.5) is 11.4 Å². The largest absolute Gasteiger partial charge is 0.465 e. The van der Waals surface area contributed by atoms with Crippen LogP contribution in [0.3, 0.4) is 0 Å². The number of carbonyl (C=O) groups is 2. The van der Waals surface area contributed by atoms with Crippen LogP contribution in [-0.2, 0) is 19.4 Å². The number of benzene rings is 2. The number of hydrogen-bond acceptors (Lipinski definition) is 7. The Morgan fingerprint density at radius 2 is 1.93 bits per heavy atom. The van der Waals surface area contributed by atoms with E-state index in [1.807, 2.05) is 0 Å². The van der Waals surface area contributed by atoms with Crippen LogP contribution in [0.2, 0.25) is 5.02 Å². The van der Waals surface area contributed by atoms with E-state index in [2.05, 4.69) is 15.4 Å². The van der Waals surface area contributed by atoms with Gasteiger partial charge < -0.3 is 15.8 Å². The second-order valence-electron chi connectivity index (χ2n) is 5.91. The van der Waals surface area contributed by atoms with Gasteiger partial charge in [-0.2, -0.15) is 0 Å². The molecule has 0 fully saturated rings. The molecule has 8 nitrogen and oxygen atoms in total. The first kappa shape index (κ1) is 21.7. The van der Waals surface area contributed by atoms with Crippen LogP contribution in [0.1, 0.15) is 15.9 Å². The van der Waals surface area contributed by atoms with Crippen molar-refractivity contribution in [3.63, 3.8) is 0 Å². The van der Waals surface area contributed by atoms with Crippen molar-refractivity contribution in [2.24, 2.45) is 0 Å². The number of hydrogen-bond donors (Lipinski definition) is 3. The standard InChI is InChI=1S/C18H20ClN3O5S/c1-11-4-3-5-13(19)17(11)28(25,26)10-21-9-16(23)22-15-7-6-12(8-14(15)20)18(24)27-2/h3-8,21H,9-10,20H2,1-2H3,(H,22,23). The lowest BCUT2D eigenvalue weighted by Crippen LogP contribution is -2.32. The molecule has 0 heterocycles. The Kier molecular flexibility index (Phi) is 7.00. The van der Waals surface area contributed by atoms with Crippen molar-refractivity contribution in [3.05, 3.63) is 52.5 Å². The molecule has 28 heavy (non-hydrogen) atoms. The SMILES string of the molecule is COC(=O)c1ccc(NC(=O)CNCS(=O)(=O)c2c(C)cccc2Cl)c(N)c1. The zero-order valence-corrected chi connectivity index (χ0v) is 16.9. The van der Waals surface area contributed by atoms with Crippen LogP contribution in [0.25, 0.3) is 0 Å². The molecule has 0 aliphatic carbocycles. The number of aryl methyl sites for hydroxylation is 1. The van der Waals surface area contributed by atoms with Gasteiger partial charge in [-0.25, -0.2) is 13.2 Å². The summed E-state index contributed by atoms with van der Waals surface area (Å²) >= 11 is 5.99. The van der Waals surface area contributed by atoms with E-state index in [1.165, 1.54) is 31.4 Å². The number of nitrogens with two attached hydrogens (primary N) is 1. The molecule has 2 rings (SSSR count). The molecule has 0 radical (unpaired) electrons. The van der Waals surface area contributed by atoms with Crippen LogP contribution in [0, 0.1) is 6.92 Å². The van der Waals surface area contributed by atoms with E-state index in [9.17, 15) is 18.0 Å². The van der Waals surface area contributed by atoms with Crippen LogP contribution >= 0.6 is 11.6 Å². The molecule has 0 aliphatic rings. The number of carbonyl (C=O) groups excluding carboxylic acids is 2. The highest BCUT2D eigenvalue weighted by Crippen LogP contribution is 2.25. The fourth-order valence-corrected chi connectivity index (χ4v) is 4.51. The molecule has 0 saturated carbocycles. The Hall–Kier alpha value is -2.62. The molecule has 0 atom stereocenters. The predicted octanol–water partition coefficient (Wildman–Crippen LogP) is 1.98. The van der Waals surface area contributed by atoms with E-state index in [1.54, 1.807) is 19.1 Å². The molecule has 0 unspecified atom stereocenters. The average molecular weight is 426 g/mol. The number of esters is 1. The van der Waals surface area contributed by atoms with Crippen molar-refractivity contribution in [1.82, 2.24) is 5.32 Å². The highest BCUT2D eigenvalue weighted by atomic mass is 35.5. The summed E-state index contributed by atoms with van der Waals surface area (Å²) in [5, 5.41) is 5.26. The van der Waals surface area contributed by atoms with Gasteiger partial charge in [0.1, 0.15) is 5.88 Å². The second kappa shape index (κ2) is 9.05. The molecule has 0 saturated heterocycles. The number of halogens is 1. The van der Waals surface area contributed by atoms with Gasteiger partial charge in [0.05, 0.1) is 40.5 Å². The fraction of sp³-hybridized carbons (Fsp3) is 0.222. The molecule has 2 aromatic carbocycles. The summed E-state index contributed by atoms with van der Waals surface area (Å²) in [5.74, 6) is -1.50. The molecule has 2 aromatic rings. The van der Waals surface area contributed by atoms with Crippen molar-refractivity contribution < 1.29 is 22.7 Å². The molecule has 4 N–H and O–H groups in total. The lowest BCUT2D eigenvalue weighted by atomic mass is 10.1. The number of amides is 1. The van der Waals surface area contributed by atoms with Gasteiger partial charge in [0.15, 0.2) is 9.84 Å². The minimum absolute atomic E-state index is 0.0345. The van der Waals surface area contributed by atoms with Crippen LogP contribution < -0.4 is 16.4 Å². The Morgan fingerprint density at radius 3 is 2.54 bits per heavy atom. The molecule has 0 aromatic heterocycles. The first-order valence-electron chi connectivity index (χ1n) is 8.12. The van der Waals surface area contributed by atoms with Gasteiger partial charge in [-0.1, -0.05) is 23.7 Å². The van der Waals surface area contributed by atoms with Crippen LogP contribution in [0.5, 0.6) is 0 Å². The zero-order valence-electron chi connectivity index (χ0n) is 15.3. The minimum atomic E-state index is -3.72. The van der Waals surface area contributed by atoms with Crippen LogP contribution in [-0.4, -0.2) is 39.8 Å². The van der Waals surface area contributed by atoms with Crippen molar-refractivity contribution >= 4 is 44.7 Å². The summed E-state index contributed by atoms with van der Waals surface area (Å²) < 4.78 is 29.5. The van der Waals surface area contributed by atoms with E-state index < -0.39 is 27.6 Å². The third kappa shape index (κ3) is 5.22. The number of anilines is 2. The molecular formula is C18H20ClN3O5S. The number of sulfone groups is 1. The van der Waals surface area contributed by atoms with Gasteiger partial charge in [-0.15, -0.1) is 0 Å². The first-order chi connectivity index (χ1) is 13.2. The lowest BCUT2D eigenvalue weighted by molar-refractivity contribution is -0.115. The van der Waals surface area contributed by atoms with E-state index in [0.717, 1.165) is 0 Å². The maximum Gasteiger partial charge on any atom is 0.337 e. The Bertz CT molecular complexity index is 988. The molecule has 0 spiro atoms. The lowest BCUT2D eigenvalue weighted by Gasteiger charge is -2.12. The second-order valence-corrected chi connectivity index (χ2v) is 8.25. The summed E-state index contributed by atoms with van der Waals surface area (Å²) in [6.07, 6.45) is 0. The van der Waals surface area contributed by atoms with Gasteiger partial charge in [-0.05, 0) is 36.8 Å². The highest BCUT2D eigenvalue weighted by Gasteiger charge is 2.20. The number of rotatable bonds is 7. The van der Waals surface area contributed by atoms with E-state index >= 15 is 0 Å². The Labute approximate surface area is 167 Å². The molecule has 150 valence electrons. The van der Waals surface area contributed by atoms with Gasteiger partial charge in [0, 0.05) is 0 Å². The molecule has 0 aliphatic heterocycles. The molecular weight excluding hydrogens is 406 g/mol. The third-order valence-electron chi connectivity index (χ3n) is 3.80. The van der Waals surface area contributed by atoms with Gasteiger partial charge in [0.25, 0.3) is 0 Å². The van der Waals surface area contributed by atoms with E-state index in [4.69, 9.17) is 17.3 Å². The third-order valence-corrected chi connectivity index (χ3v) is 5.97. The maximum atomic E-state index is 12.5. The highest BCUT2D eigenvalue weighted by molar-refractivity contribution is 7.91. The van der Waals surface area contributed by atoms with Gasteiger partial charge in [0.2, 0.25) is 5.91 Å². The maximum absolute atomic E-state index is 12.5. The summed E-state index contributed by atoms with van der Waals surface area (Å²) in [5.41, 5.74) is 7.06. The van der Waals surface area contributed by atoms with Gasteiger partial charge in [-0.3, -0.25) is 10.1 Å². The van der Waals surface area contributed by atoms with Crippen molar-refractivity contribution in [2.45, 2.75) is 11.8 Å². The number of ether oxygens (including phenoxy) is 1. The Morgan fingerprint density at radius 1 is 1.21 bits per heavy atom. The monoisotopic (exact) mass is 425 g/mol. The summed E-state index contributed by atoms with van der Waals surface area (Å²) in [4.78, 5) is 23.5. The fourth-order valence-electron chi connectivity index (χ4n) is 2.50. The molecule has 1 amide bonds. The topological polar surface area (TPSA) is 128 Å². The summed E-state index contributed by atoms with van der Waals surface area (Å²) in [6, 6.07) is 9.09. The number of nitrogen functional groups attached to an aromatic ring is 1. The van der Waals surface area contributed by atoms with Crippen molar-refractivity contribution in [1.29, 1.82) is 0 Å². The van der Waals surface area contributed by atoms with E-state index in [0.29, 0.717) is 11.3 Å². The minimum Gasteiger partial charge on any atom is -0.465 e. The zero-order chi connectivity index (χ0) is 20.9. The van der Waals surface area contributed by atoms with Crippen molar-refractivity contribution in [2.75, 3.05) is 30.6 Å². The normalized spacial score (nSPS) is 11.1. The summed E-state index contributed by atoms with van der Waals surface area (Å²) in [7, 11) is -2.47. The van der Waals surface area contributed by atoms with Crippen LogP contribution in [0.15, 0.2) is 41.3 Å².